The number of nitrogens with zero attached hydrogens (tertiary/aromatic N) is 2. The Labute approximate surface area is 124 Å². The molecule has 1 aromatic carbocycles. The van der Waals surface area contributed by atoms with E-state index in [0.717, 1.165) is 13.0 Å². The van der Waals surface area contributed by atoms with Gasteiger partial charge >= 0.3 is 0 Å². The predicted molar refractivity (Wildman–Crippen MR) is 81.6 cm³/mol. The van der Waals surface area contributed by atoms with Crippen LogP contribution in [0.25, 0.3) is 0 Å². The number of nitrogens with two attached hydrogens (primary N) is 1. The highest BCUT2D eigenvalue weighted by atomic mass is 16.4. The maximum absolute atomic E-state index is 12.2. The van der Waals surface area contributed by atoms with Crippen LogP contribution in [0, 0.1) is 0 Å². The first-order valence-corrected chi connectivity index (χ1v) is 7.18. The van der Waals surface area contributed by atoms with Crippen LogP contribution in [0.2, 0.25) is 0 Å². The number of rotatable bonds is 4. The summed E-state index contributed by atoms with van der Waals surface area (Å²) in [6.07, 6.45) is 3.55. The summed E-state index contributed by atoms with van der Waals surface area (Å²) in [6.45, 7) is 1.72. The summed E-state index contributed by atoms with van der Waals surface area (Å²) < 4.78 is 0. The van der Waals surface area contributed by atoms with E-state index in [-0.39, 0.29) is 11.7 Å². The molecule has 1 saturated heterocycles. The molecule has 0 radical (unpaired) electrons. The fourth-order valence-corrected chi connectivity index (χ4v) is 2.59. The molecule has 0 aliphatic carbocycles. The molecule has 1 unspecified atom stereocenters. The van der Waals surface area contributed by atoms with Gasteiger partial charge < -0.3 is 21.2 Å². The number of oxime groups is 1. The van der Waals surface area contributed by atoms with E-state index in [4.69, 9.17) is 10.9 Å². The predicted octanol–water partition coefficient (Wildman–Crippen LogP) is 0.995. The molecule has 114 valence electrons. The van der Waals surface area contributed by atoms with Crippen LogP contribution in [0.1, 0.15) is 35.2 Å². The van der Waals surface area contributed by atoms with Crippen molar-refractivity contribution in [2.24, 2.45) is 10.9 Å². The lowest BCUT2D eigenvalue weighted by molar-refractivity contribution is 0.0928. The number of benzene rings is 1. The Morgan fingerprint density at radius 3 is 2.95 bits per heavy atom. The third kappa shape index (κ3) is 3.95. The minimum absolute atomic E-state index is 0.00309. The van der Waals surface area contributed by atoms with Gasteiger partial charge in [-0.25, -0.2) is 0 Å². The molecule has 1 aliphatic heterocycles. The Balaban J connectivity index is 1.97. The molecular weight excluding hydrogens is 268 g/mol. The van der Waals surface area contributed by atoms with E-state index < -0.39 is 0 Å². The molecule has 1 amide bonds. The van der Waals surface area contributed by atoms with Crippen LogP contribution < -0.4 is 11.1 Å². The van der Waals surface area contributed by atoms with Gasteiger partial charge in [-0.05, 0) is 38.6 Å². The number of hydrogen-bond donors (Lipinski definition) is 3. The number of amides is 1. The molecule has 1 heterocycles. The molecular formula is C15H22N4O2. The van der Waals surface area contributed by atoms with Crippen LogP contribution in [0.3, 0.4) is 0 Å². The zero-order valence-electron chi connectivity index (χ0n) is 12.2. The summed E-state index contributed by atoms with van der Waals surface area (Å²) in [5, 5.41) is 14.6. The van der Waals surface area contributed by atoms with Crippen molar-refractivity contribution in [1.82, 2.24) is 10.2 Å². The molecule has 0 saturated carbocycles. The van der Waals surface area contributed by atoms with Gasteiger partial charge in [-0.2, -0.15) is 0 Å². The second-order valence-corrected chi connectivity index (χ2v) is 5.41. The molecule has 0 aromatic heterocycles. The van der Waals surface area contributed by atoms with E-state index in [1.54, 1.807) is 24.3 Å². The van der Waals surface area contributed by atoms with Gasteiger partial charge in [-0.3, -0.25) is 4.79 Å². The molecule has 1 aliphatic rings. The zero-order valence-corrected chi connectivity index (χ0v) is 12.2. The summed E-state index contributed by atoms with van der Waals surface area (Å²) in [5.41, 5.74) is 6.57. The monoisotopic (exact) mass is 290 g/mol. The van der Waals surface area contributed by atoms with Gasteiger partial charge in [0.25, 0.3) is 5.91 Å². The Bertz CT molecular complexity index is 530. The molecule has 2 rings (SSSR count). The normalized spacial score (nSPS) is 20.2. The number of carbonyl (C=O) groups excluding carboxylic acids is 1. The molecule has 1 aromatic rings. The van der Waals surface area contributed by atoms with Crippen molar-refractivity contribution >= 4 is 11.7 Å². The van der Waals surface area contributed by atoms with Crippen LogP contribution in [-0.4, -0.2) is 48.0 Å². The van der Waals surface area contributed by atoms with Crippen molar-refractivity contribution in [3.63, 3.8) is 0 Å². The maximum Gasteiger partial charge on any atom is 0.251 e. The minimum atomic E-state index is -0.137. The number of piperidine rings is 1. The summed E-state index contributed by atoms with van der Waals surface area (Å²) in [5.74, 6) is -0.141. The van der Waals surface area contributed by atoms with Gasteiger partial charge in [-0.1, -0.05) is 23.7 Å². The molecule has 6 heteroatoms. The minimum Gasteiger partial charge on any atom is -0.409 e. The lowest BCUT2D eigenvalue weighted by atomic mass is 10.0. The highest BCUT2D eigenvalue weighted by Gasteiger charge is 2.19. The quantitative estimate of drug-likeness (QED) is 0.334. The second-order valence-electron chi connectivity index (χ2n) is 5.41. The highest BCUT2D eigenvalue weighted by Crippen LogP contribution is 2.14. The first-order chi connectivity index (χ1) is 10.1. The highest BCUT2D eigenvalue weighted by molar-refractivity contribution is 6.01. The van der Waals surface area contributed by atoms with E-state index in [1.807, 2.05) is 0 Å². The van der Waals surface area contributed by atoms with Gasteiger partial charge in [0, 0.05) is 23.7 Å². The third-order valence-corrected chi connectivity index (χ3v) is 3.95. The van der Waals surface area contributed by atoms with Gasteiger partial charge in [0.15, 0.2) is 5.84 Å². The standard InChI is InChI=1S/C15H22N4O2/c1-19-8-3-2-7-13(19)10-17-15(20)12-6-4-5-11(9-12)14(16)18-21/h4-6,9,13,21H,2-3,7-8,10H2,1H3,(H2,16,18)(H,17,20). The number of amidine groups is 1. The number of likely N-dealkylation sites (tertiary alicyclic amines) is 1. The van der Waals surface area contributed by atoms with Crippen molar-refractivity contribution in [1.29, 1.82) is 0 Å². The van der Waals surface area contributed by atoms with Crippen LogP contribution in [0.5, 0.6) is 0 Å². The molecule has 4 N–H and O–H groups in total. The summed E-state index contributed by atoms with van der Waals surface area (Å²) in [6, 6.07) is 7.15. The lowest BCUT2D eigenvalue weighted by Gasteiger charge is -2.32. The van der Waals surface area contributed by atoms with E-state index in [1.165, 1.54) is 12.8 Å². The summed E-state index contributed by atoms with van der Waals surface area (Å²) >= 11 is 0. The van der Waals surface area contributed by atoms with Crippen LogP contribution in [0.15, 0.2) is 29.4 Å². The fraction of sp³-hybridized carbons (Fsp3) is 0.467. The average molecular weight is 290 g/mol. The zero-order chi connectivity index (χ0) is 15.2. The summed E-state index contributed by atoms with van der Waals surface area (Å²) in [7, 11) is 2.09. The first-order valence-electron chi connectivity index (χ1n) is 7.18. The number of nitrogens with one attached hydrogen (secondary N) is 1. The van der Waals surface area contributed by atoms with E-state index in [0.29, 0.717) is 23.7 Å². The number of likely N-dealkylation sites (N-methyl/N-ethyl adjacent to an activating group) is 1. The molecule has 0 spiro atoms. The largest absolute Gasteiger partial charge is 0.409 e. The van der Waals surface area contributed by atoms with Gasteiger partial charge in [0.05, 0.1) is 0 Å². The smallest absolute Gasteiger partial charge is 0.251 e. The topological polar surface area (TPSA) is 91.0 Å². The molecule has 6 nitrogen and oxygen atoms in total. The lowest BCUT2D eigenvalue weighted by Crippen LogP contribution is -2.44. The van der Waals surface area contributed by atoms with Crippen molar-refractivity contribution in [2.45, 2.75) is 25.3 Å². The van der Waals surface area contributed by atoms with Crippen molar-refractivity contribution in [3.8, 4) is 0 Å². The van der Waals surface area contributed by atoms with E-state index >= 15 is 0 Å². The summed E-state index contributed by atoms with van der Waals surface area (Å²) in [4.78, 5) is 14.5. The molecule has 21 heavy (non-hydrogen) atoms. The SMILES string of the molecule is CN1CCCCC1CNC(=O)c1cccc(C(N)=NO)c1. The van der Waals surface area contributed by atoms with Gasteiger partial charge in [-0.15, -0.1) is 0 Å². The van der Waals surface area contributed by atoms with Crippen LogP contribution in [-0.2, 0) is 0 Å². The second kappa shape index (κ2) is 7.08. The average Bonchev–Trinajstić information content (AvgIpc) is 2.53. The van der Waals surface area contributed by atoms with Crippen molar-refractivity contribution in [3.05, 3.63) is 35.4 Å². The Morgan fingerprint density at radius 1 is 1.48 bits per heavy atom. The number of hydrogen-bond acceptors (Lipinski definition) is 4. The Morgan fingerprint density at radius 2 is 2.24 bits per heavy atom. The van der Waals surface area contributed by atoms with Crippen LogP contribution in [0.4, 0.5) is 0 Å². The van der Waals surface area contributed by atoms with Gasteiger partial charge in [0.2, 0.25) is 0 Å². The Kier molecular flexibility index (Phi) is 5.16. The molecule has 1 fully saturated rings. The third-order valence-electron chi connectivity index (χ3n) is 3.95. The van der Waals surface area contributed by atoms with E-state index in [9.17, 15) is 4.79 Å². The van der Waals surface area contributed by atoms with Crippen molar-refractivity contribution < 1.29 is 10.0 Å². The molecule has 0 bridgehead atoms. The van der Waals surface area contributed by atoms with Crippen molar-refractivity contribution in [2.75, 3.05) is 20.1 Å². The fourth-order valence-electron chi connectivity index (χ4n) is 2.59. The van der Waals surface area contributed by atoms with Crippen LogP contribution >= 0.6 is 0 Å². The maximum atomic E-state index is 12.2. The number of carbonyl (C=O) groups is 1. The van der Waals surface area contributed by atoms with E-state index in [2.05, 4.69) is 22.4 Å². The Hall–Kier alpha value is -2.08. The molecule has 1 atom stereocenters. The first kappa shape index (κ1) is 15.3. The van der Waals surface area contributed by atoms with Gasteiger partial charge in [0.1, 0.15) is 0 Å².